The van der Waals surface area contributed by atoms with E-state index in [4.69, 9.17) is 0 Å². The molecule has 1 aromatic heterocycles. The molecule has 0 aliphatic carbocycles. The Hall–Kier alpha value is -0.720. The maximum atomic E-state index is 11.6. The van der Waals surface area contributed by atoms with Gasteiger partial charge in [0.25, 0.3) is 5.91 Å². The highest BCUT2D eigenvalue weighted by molar-refractivity contribution is 7.08. The van der Waals surface area contributed by atoms with Gasteiger partial charge >= 0.3 is 0 Å². The second-order valence-electron chi connectivity index (χ2n) is 2.76. The van der Waals surface area contributed by atoms with Crippen molar-refractivity contribution >= 4 is 29.8 Å². The number of rotatable bonds is 5. The summed E-state index contributed by atoms with van der Waals surface area (Å²) >= 11 is 1.15. The van der Waals surface area contributed by atoms with Crippen LogP contribution in [0.2, 0.25) is 0 Å². The van der Waals surface area contributed by atoms with Crippen LogP contribution in [0.3, 0.4) is 0 Å². The first-order valence-corrected chi connectivity index (χ1v) is 5.31. The van der Waals surface area contributed by atoms with Crippen molar-refractivity contribution in [3.8, 4) is 0 Å². The molecule has 86 valence electrons. The number of likely N-dealkylation sites (N-methyl/N-ethyl adjacent to an activating group) is 1. The van der Waals surface area contributed by atoms with Gasteiger partial charge in [0.1, 0.15) is 4.88 Å². The summed E-state index contributed by atoms with van der Waals surface area (Å²) in [5.74, 6) is -0.0768. The van der Waals surface area contributed by atoms with E-state index in [2.05, 4.69) is 20.2 Å². The lowest BCUT2D eigenvalue weighted by Crippen LogP contribution is -2.30. The third kappa shape index (κ3) is 4.11. The van der Waals surface area contributed by atoms with E-state index >= 15 is 0 Å². The van der Waals surface area contributed by atoms with Gasteiger partial charge in [-0.2, -0.15) is 0 Å². The Bertz CT molecular complexity index is 305. The zero-order valence-electron chi connectivity index (χ0n) is 8.74. The van der Waals surface area contributed by atoms with Crippen molar-refractivity contribution in [2.75, 3.05) is 20.1 Å². The van der Waals surface area contributed by atoms with E-state index in [-0.39, 0.29) is 18.3 Å². The van der Waals surface area contributed by atoms with Crippen LogP contribution in [-0.4, -0.2) is 35.6 Å². The topological polar surface area (TPSA) is 66.9 Å². The van der Waals surface area contributed by atoms with Gasteiger partial charge in [0.2, 0.25) is 0 Å². The Morgan fingerprint density at radius 3 is 2.80 bits per heavy atom. The maximum absolute atomic E-state index is 11.6. The van der Waals surface area contributed by atoms with E-state index in [9.17, 15) is 4.79 Å². The van der Waals surface area contributed by atoms with E-state index in [1.54, 1.807) is 0 Å². The largest absolute Gasteiger partial charge is 0.350 e. The lowest BCUT2D eigenvalue weighted by atomic mass is 10.3. The fourth-order valence-corrected chi connectivity index (χ4v) is 1.66. The van der Waals surface area contributed by atoms with Gasteiger partial charge in [0.05, 0.1) is 5.69 Å². The van der Waals surface area contributed by atoms with E-state index in [1.165, 1.54) is 0 Å². The Labute approximate surface area is 99.2 Å². The number of nitrogens with one attached hydrogen (secondary N) is 2. The van der Waals surface area contributed by atoms with E-state index < -0.39 is 0 Å². The normalized spacial score (nSPS) is 9.47. The summed E-state index contributed by atoms with van der Waals surface area (Å²) in [6, 6.07) is 0. The number of hydrogen-bond donors (Lipinski definition) is 2. The quantitative estimate of drug-likeness (QED) is 0.746. The van der Waals surface area contributed by atoms with E-state index in [1.807, 2.05) is 14.0 Å². The highest BCUT2D eigenvalue weighted by Gasteiger charge is 2.13. The van der Waals surface area contributed by atoms with Crippen LogP contribution in [0.25, 0.3) is 0 Å². The summed E-state index contributed by atoms with van der Waals surface area (Å²) in [7, 11) is 1.85. The molecule has 0 aliphatic rings. The molecule has 0 aromatic carbocycles. The minimum atomic E-state index is -0.0768. The number of aromatic nitrogens is 2. The van der Waals surface area contributed by atoms with Gasteiger partial charge in [-0.25, -0.2) is 0 Å². The molecule has 0 saturated carbocycles. The lowest BCUT2D eigenvalue weighted by molar-refractivity contribution is 0.0957. The first-order valence-electron chi connectivity index (χ1n) is 4.53. The Morgan fingerprint density at radius 2 is 2.20 bits per heavy atom. The molecule has 0 saturated heterocycles. The van der Waals surface area contributed by atoms with Crippen LogP contribution in [0.5, 0.6) is 0 Å². The van der Waals surface area contributed by atoms with Crippen LogP contribution < -0.4 is 10.6 Å². The monoisotopic (exact) mass is 250 g/mol. The molecule has 15 heavy (non-hydrogen) atoms. The number of hydrogen-bond acceptors (Lipinski definition) is 5. The van der Waals surface area contributed by atoms with Crippen molar-refractivity contribution in [2.24, 2.45) is 0 Å². The molecule has 0 aliphatic heterocycles. The molecule has 0 bridgehead atoms. The highest BCUT2D eigenvalue weighted by atomic mass is 35.5. The third-order valence-corrected chi connectivity index (χ3v) is 2.52. The average Bonchev–Trinajstić information content (AvgIpc) is 2.65. The van der Waals surface area contributed by atoms with Gasteiger partial charge in [-0.15, -0.1) is 17.5 Å². The number of carbonyl (C=O) groups excluding carboxylic acids is 1. The molecule has 1 rings (SSSR count). The summed E-state index contributed by atoms with van der Waals surface area (Å²) in [6.07, 6.45) is 0.741. The zero-order valence-corrected chi connectivity index (χ0v) is 10.4. The zero-order chi connectivity index (χ0) is 10.4. The van der Waals surface area contributed by atoms with Crippen LogP contribution >= 0.6 is 23.9 Å². The number of amides is 1. The Kier molecular flexibility index (Phi) is 7.19. The van der Waals surface area contributed by atoms with E-state index in [0.717, 1.165) is 30.2 Å². The summed E-state index contributed by atoms with van der Waals surface area (Å²) in [6.45, 7) is 3.34. The number of aryl methyl sites for hydroxylation is 1. The fraction of sp³-hybridized carbons (Fsp3) is 0.625. The van der Waals surface area contributed by atoms with Gasteiger partial charge in [0, 0.05) is 13.1 Å². The molecular formula is C8H15ClN4OS. The molecule has 7 heteroatoms. The minimum Gasteiger partial charge on any atom is -0.350 e. The van der Waals surface area contributed by atoms with Crippen LogP contribution in [0, 0.1) is 0 Å². The Morgan fingerprint density at radius 1 is 1.47 bits per heavy atom. The van der Waals surface area contributed by atoms with Crippen molar-refractivity contribution in [3.05, 3.63) is 10.6 Å². The van der Waals surface area contributed by atoms with Crippen molar-refractivity contribution in [1.82, 2.24) is 20.2 Å². The molecule has 1 aromatic rings. The number of nitrogens with zero attached hydrogens (tertiary/aromatic N) is 2. The predicted octanol–water partition coefficient (Wildman–Crippen LogP) is 0.471. The molecule has 5 nitrogen and oxygen atoms in total. The number of halogens is 1. The van der Waals surface area contributed by atoms with Gasteiger partial charge in [-0.05, 0) is 25.0 Å². The maximum Gasteiger partial charge on any atom is 0.264 e. The summed E-state index contributed by atoms with van der Waals surface area (Å²) in [5, 5.41) is 9.62. The first kappa shape index (κ1) is 14.3. The smallest absolute Gasteiger partial charge is 0.264 e. The second kappa shape index (κ2) is 7.56. The van der Waals surface area contributed by atoms with Crippen LogP contribution in [0.1, 0.15) is 22.3 Å². The average molecular weight is 251 g/mol. The SMILES string of the molecule is CCc1nnsc1C(=O)NCCNC.Cl. The predicted molar refractivity (Wildman–Crippen MR) is 62.8 cm³/mol. The standard InChI is InChI=1S/C8H14N4OS.ClH/c1-3-6-7(14-12-11-6)8(13)10-5-4-9-2;/h9H,3-5H2,1-2H3,(H,10,13);1H. The molecule has 0 atom stereocenters. The third-order valence-electron chi connectivity index (χ3n) is 1.76. The van der Waals surface area contributed by atoms with Gasteiger partial charge in [-0.1, -0.05) is 11.4 Å². The van der Waals surface area contributed by atoms with Crippen molar-refractivity contribution in [3.63, 3.8) is 0 Å². The van der Waals surface area contributed by atoms with Gasteiger partial charge < -0.3 is 10.6 Å². The summed E-state index contributed by atoms with van der Waals surface area (Å²) in [4.78, 5) is 12.2. The second-order valence-corrected chi connectivity index (χ2v) is 3.52. The molecule has 0 radical (unpaired) electrons. The molecule has 1 heterocycles. The van der Waals surface area contributed by atoms with Crippen LogP contribution in [-0.2, 0) is 6.42 Å². The summed E-state index contributed by atoms with van der Waals surface area (Å²) < 4.78 is 3.76. The minimum absolute atomic E-state index is 0. The first-order chi connectivity index (χ1) is 6.79. The Balaban J connectivity index is 0.00000196. The van der Waals surface area contributed by atoms with Gasteiger partial charge in [0.15, 0.2) is 0 Å². The van der Waals surface area contributed by atoms with Crippen molar-refractivity contribution < 1.29 is 4.79 Å². The lowest BCUT2D eigenvalue weighted by Gasteiger charge is -2.02. The molecule has 2 N–H and O–H groups in total. The molecule has 0 spiro atoms. The van der Waals surface area contributed by atoms with E-state index in [0.29, 0.717) is 11.4 Å². The number of carbonyl (C=O) groups is 1. The van der Waals surface area contributed by atoms with Gasteiger partial charge in [-0.3, -0.25) is 4.79 Å². The van der Waals surface area contributed by atoms with Crippen molar-refractivity contribution in [2.45, 2.75) is 13.3 Å². The molecular weight excluding hydrogens is 236 g/mol. The fourth-order valence-electron chi connectivity index (χ4n) is 0.994. The molecule has 0 unspecified atom stereocenters. The molecule has 1 amide bonds. The van der Waals surface area contributed by atoms with Crippen molar-refractivity contribution in [1.29, 1.82) is 0 Å². The highest BCUT2D eigenvalue weighted by Crippen LogP contribution is 2.10. The van der Waals surface area contributed by atoms with Crippen LogP contribution in [0.15, 0.2) is 0 Å². The molecule has 0 fully saturated rings. The van der Waals surface area contributed by atoms with Crippen LogP contribution in [0.4, 0.5) is 0 Å². The summed E-state index contributed by atoms with van der Waals surface area (Å²) in [5.41, 5.74) is 0.775.